The monoisotopic (exact) mass is 257 g/mol. The molecule has 1 rings (SSSR count). The maximum atomic E-state index is 12.0. The van der Waals surface area contributed by atoms with Crippen LogP contribution in [0, 0.1) is 0 Å². The van der Waals surface area contributed by atoms with Crippen LogP contribution in [0.4, 0.5) is 4.79 Å². The second-order valence-electron chi connectivity index (χ2n) is 4.43. The van der Waals surface area contributed by atoms with Crippen molar-refractivity contribution in [1.82, 2.24) is 15.5 Å². The molecule has 1 aliphatic heterocycles. The van der Waals surface area contributed by atoms with Crippen LogP contribution in [0.15, 0.2) is 0 Å². The first-order chi connectivity index (χ1) is 8.43. The Morgan fingerprint density at radius 2 is 2.28 bits per heavy atom. The lowest BCUT2D eigenvalue weighted by Gasteiger charge is -2.28. The van der Waals surface area contributed by atoms with Crippen LogP contribution in [0.2, 0.25) is 0 Å². The van der Waals surface area contributed by atoms with E-state index in [0.29, 0.717) is 13.0 Å². The van der Waals surface area contributed by atoms with Gasteiger partial charge in [-0.05, 0) is 13.3 Å². The van der Waals surface area contributed by atoms with Gasteiger partial charge in [-0.25, -0.2) is 4.79 Å². The number of carboxylic acid groups (broad SMARTS) is 1. The lowest BCUT2D eigenvalue weighted by atomic mass is 10.2. The molecule has 0 aromatic rings. The minimum absolute atomic E-state index is 0.103. The van der Waals surface area contributed by atoms with Gasteiger partial charge in [0, 0.05) is 19.0 Å². The zero-order chi connectivity index (χ0) is 13.7. The minimum atomic E-state index is -1.05. The van der Waals surface area contributed by atoms with Gasteiger partial charge in [-0.3, -0.25) is 9.59 Å². The van der Waals surface area contributed by atoms with Gasteiger partial charge in [-0.2, -0.15) is 0 Å². The second kappa shape index (κ2) is 6.23. The Hall–Kier alpha value is -1.79. The fraction of sp³-hybridized carbons (Fsp3) is 0.727. The van der Waals surface area contributed by atoms with Crippen molar-refractivity contribution >= 4 is 17.9 Å². The predicted molar refractivity (Wildman–Crippen MR) is 64.0 cm³/mol. The Morgan fingerprint density at radius 1 is 1.61 bits per heavy atom. The van der Waals surface area contributed by atoms with Gasteiger partial charge in [0.05, 0.1) is 6.04 Å². The van der Waals surface area contributed by atoms with E-state index in [9.17, 15) is 14.4 Å². The fourth-order valence-corrected chi connectivity index (χ4v) is 1.76. The van der Waals surface area contributed by atoms with Crippen molar-refractivity contribution in [2.45, 2.75) is 38.8 Å². The Kier molecular flexibility index (Phi) is 4.94. The summed E-state index contributed by atoms with van der Waals surface area (Å²) in [5.41, 5.74) is 0. The Balaban J connectivity index is 2.58. The van der Waals surface area contributed by atoms with Crippen molar-refractivity contribution in [3.63, 3.8) is 0 Å². The summed E-state index contributed by atoms with van der Waals surface area (Å²) in [7, 11) is 0. The topological polar surface area (TPSA) is 98.7 Å². The van der Waals surface area contributed by atoms with Gasteiger partial charge in [0.25, 0.3) is 0 Å². The van der Waals surface area contributed by atoms with Crippen molar-refractivity contribution in [1.29, 1.82) is 0 Å². The summed E-state index contributed by atoms with van der Waals surface area (Å²) in [5, 5.41) is 14.1. The third-order valence-corrected chi connectivity index (χ3v) is 2.99. The third kappa shape index (κ3) is 3.90. The van der Waals surface area contributed by atoms with Crippen LogP contribution in [0.5, 0.6) is 0 Å². The molecule has 0 radical (unpaired) electrons. The number of rotatable bonds is 5. The number of hydrogen-bond acceptors (Lipinski definition) is 3. The zero-order valence-electron chi connectivity index (χ0n) is 10.6. The summed E-state index contributed by atoms with van der Waals surface area (Å²) in [5.74, 6) is -1.15. The van der Waals surface area contributed by atoms with E-state index in [4.69, 9.17) is 5.11 Å². The SMILES string of the molecule is CCC(C)N(CC(=O)O)C(=O)NC1CNC(=O)C1. The molecule has 7 nitrogen and oxygen atoms in total. The first-order valence-corrected chi connectivity index (χ1v) is 5.99. The molecule has 1 saturated heterocycles. The fourth-order valence-electron chi connectivity index (χ4n) is 1.76. The summed E-state index contributed by atoms with van der Waals surface area (Å²) < 4.78 is 0. The summed E-state index contributed by atoms with van der Waals surface area (Å²) in [6.07, 6.45) is 0.912. The largest absolute Gasteiger partial charge is 0.480 e. The highest BCUT2D eigenvalue weighted by Gasteiger charge is 2.27. The highest BCUT2D eigenvalue weighted by Crippen LogP contribution is 2.06. The number of hydrogen-bond donors (Lipinski definition) is 3. The third-order valence-electron chi connectivity index (χ3n) is 2.99. The van der Waals surface area contributed by atoms with E-state index in [1.807, 2.05) is 6.92 Å². The first-order valence-electron chi connectivity index (χ1n) is 5.99. The van der Waals surface area contributed by atoms with Crippen LogP contribution in [-0.2, 0) is 9.59 Å². The normalized spacial score (nSPS) is 20.1. The lowest BCUT2D eigenvalue weighted by Crippen LogP contribution is -2.50. The van der Waals surface area contributed by atoms with E-state index >= 15 is 0 Å². The first kappa shape index (κ1) is 14.3. The molecule has 2 unspecified atom stereocenters. The molecule has 3 amide bonds. The number of nitrogens with zero attached hydrogens (tertiary/aromatic N) is 1. The summed E-state index contributed by atoms with van der Waals surface area (Å²) in [6, 6.07) is -0.857. The standard InChI is InChI=1S/C11H19N3O4/c1-3-7(2)14(6-10(16)17)11(18)13-8-4-9(15)12-5-8/h7-8H,3-6H2,1-2H3,(H,12,15)(H,13,18)(H,16,17). The summed E-state index contributed by atoms with van der Waals surface area (Å²) >= 11 is 0. The average molecular weight is 257 g/mol. The molecule has 0 saturated carbocycles. The summed E-state index contributed by atoms with van der Waals surface area (Å²) in [4.78, 5) is 35.0. The maximum absolute atomic E-state index is 12.0. The molecule has 102 valence electrons. The Bertz CT molecular complexity index is 345. The predicted octanol–water partition coefficient (Wildman–Crippen LogP) is -0.230. The molecule has 18 heavy (non-hydrogen) atoms. The van der Waals surface area contributed by atoms with Gasteiger partial charge in [0.15, 0.2) is 0 Å². The molecule has 0 spiro atoms. The number of carbonyl (C=O) groups excluding carboxylic acids is 2. The van der Waals surface area contributed by atoms with Crippen molar-refractivity contribution in [3.8, 4) is 0 Å². The smallest absolute Gasteiger partial charge is 0.323 e. The Morgan fingerprint density at radius 3 is 2.72 bits per heavy atom. The number of aliphatic carboxylic acids is 1. The van der Waals surface area contributed by atoms with Crippen LogP contribution in [0.25, 0.3) is 0 Å². The van der Waals surface area contributed by atoms with E-state index < -0.39 is 12.0 Å². The molecule has 0 aliphatic carbocycles. The molecule has 0 aromatic heterocycles. The maximum Gasteiger partial charge on any atom is 0.323 e. The molecule has 2 atom stereocenters. The van der Waals surface area contributed by atoms with Crippen molar-refractivity contribution < 1.29 is 19.5 Å². The Labute approximate surface area is 106 Å². The van der Waals surface area contributed by atoms with E-state index in [1.165, 1.54) is 4.90 Å². The number of nitrogens with one attached hydrogen (secondary N) is 2. The van der Waals surface area contributed by atoms with Gasteiger partial charge in [0.2, 0.25) is 5.91 Å². The van der Waals surface area contributed by atoms with Crippen molar-refractivity contribution in [3.05, 3.63) is 0 Å². The van der Waals surface area contributed by atoms with Gasteiger partial charge in [-0.15, -0.1) is 0 Å². The molecular weight excluding hydrogens is 238 g/mol. The molecular formula is C11H19N3O4. The second-order valence-corrected chi connectivity index (χ2v) is 4.43. The van der Waals surface area contributed by atoms with E-state index in [1.54, 1.807) is 6.92 Å². The molecule has 1 fully saturated rings. The van der Waals surface area contributed by atoms with E-state index in [-0.39, 0.29) is 31.0 Å². The van der Waals surface area contributed by atoms with Crippen LogP contribution in [0.3, 0.4) is 0 Å². The number of urea groups is 1. The van der Waals surface area contributed by atoms with Crippen molar-refractivity contribution in [2.75, 3.05) is 13.1 Å². The number of carbonyl (C=O) groups is 3. The molecule has 1 aliphatic rings. The van der Waals surface area contributed by atoms with Gasteiger partial charge in [0.1, 0.15) is 6.54 Å². The molecule has 0 bridgehead atoms. The zero-order valence-corrected chi connectivity index (χ0v) is 10.6. The minimum Gasteiger partial charge on any atom is -0.480 e. The van der Waals surface area contributed by atoms with E-state index in [0.717, 1.165) is 0 Å². The van der Waals surface area contributed by atoms with Crippen LogP contribution < -0.4 is 10.6 Å². The van der Waals surface area contributed by atoms with Crippen molar-refractivity contribution in [2.24, 2.45) is 0 Å². The number of amides is 3. The van der Waals surface area contributed by atoms with Gasteiger partial charge >= 0.3 is 12.0 Å². The average Bonchev–Trinajstić information content (AvgIpc) is 2.70. The molecule has 7 heteroatoms. The molecule has 1 heterocycles. The van der Waals surface area contributed by atoms with Gasteiger partial charge in [-0.1, -0.05) is 6.92 Å². The quantitative estimate of drug-likeness (QED) is 0.633. The molecule has 3 N–H and O–H groups in total. The van der Waals surface area contributed by atoms with E-state index in [2.05, 4.69) is 10.6 Å². The highest BCUT2D eigenvalue weighted by molar-refractivity contribution is 5.83. The lowest BCUT2D eigenvalue weighted by molar-refractivity contribution is -0.138. The van der Waals surface area contributed by atoms with Crippen LogP contribution in [0.1, 0.15) is 26.7 Å². The number of carboxylic acids is 1. The van der Waals surface area contributed by atoms with Gasteiger partial charge < -0.3 is 20.6 Å². The highest BCUT2D eigenvalue weighted by atomic mass is 16.4. The van der Waals surface area contributed by atoms with Crippen LogP contribution >= 0.6 is 0 Å². The van der Waals surface area contributed by atoms with Crippen LogP contribution in [-0.4, -0.2) is 53.1 Å². The summed E-state index contributed by atoms with van der Waals surface area (Å²) in [6.45, 7) is 3.73. The molecule has 0 aromatic carbocycles.